The predicted molar refractivity (Wildman–Crippen MR) is 63.6 cm³/mol. The molecule has 4 nitrogen and oxygen atoms in total. The largest absolute Gasteiger partial charge is 0.480 e. The second-order valence-electron chi connectivity index (χ2n) is 2.68. The quantitative estimate of drug-likeness (QED) is 0.473. The molecule has 0 atom stereocenters. The summed E-state index contributed by atoms with van der Waals surface area (Å²) < 4.78 is 9.58. The third-order valence-corrected chi connectivity index (χ3v) is 2.07. The van der Waals surface area contributed by atoms with Gasteiger partial charge in [-0.25, -0.2) is 4.79 Å². The van der Waals surface area contributed by atoms with Crippen LogP contribution in [-0.2, 0) is 9.53 Å². The van der Waals surface area contributed by atoms with E-state index in [1.54, 1.807) is 18.2 Å². The minimum Gasteiger partial charge on any atom is -0.480 e. The van der Waals surface area contributed by atoms with E-state index in [4.69, 9.17) is 16.3 Å². The zero-order valence-corrected chi connectivity index (χ0v) is 9.97. The molecule has 0 N–H and O–H groups in total. The van der Waals surface area contributed by atoms with E-state index < -0.39 is 5.97 Å². The summed E-state index contributed by atoms with van der Waals surface area (Å²) in [6.45, 7) is -0.207. The number of hydrogen-bond donors (Lipinski definition) is 0. The number of carbonyl (C=O) groups excluding carboxylic acids is 1. The Morgan fingerprint density at radius 3 is 3.00 bits per heavy atom. The van der Waals surface area contributed by atoms with Gasteiger partial charge in [-0.3, -0.25) is 0 Å². The summed E-state index contributed by atoms with van der Waals surface area (Å²) in [4.78, 5) is 14.6. The molecule has 1 rings (SSSR count). The third kappa shape index (κ3) is 3.62. The van der Waals surface area contributed by atoms with Crippen LogP contribution < -0.4 is 4.74 Å². The highest BCUT2D eigenvalue weighted by Gasteiger charge is 2.06. The normalized spacial score (nSPS) is 9.12. The molecule has 0 heterocycles. The van der Waals surface area contributed by atoms with Crippen LogP contribution >= 0.6 is 23.8 Å². The number of aliphatic imine (C=N–C) groups is 1. The van der Waals surface area contributed by atoms with E-state index in [9.17, 15) is 4.79 Å². The van der Waals surface area contributed by atoms with E-state index in [1.807, 2.05) is 0 Å². The van der Waals surface area contributed by atoms with Crippen LogP contribution in [0.4, 0.5) is 5.69 Å². The van der Waals surface area contributed by atoms with Crippen LogP contribution in [0.5, 0.6) is 5.75 Å². The van der Waals surface area contributed by atoms with Gasteiger partial charge in [-0.05, 0) is 24.4 Å². The molecule has 0 saturated heterocycles. The number of benzene rings is 1. The van der Waals surface area contributed by atoms with Gasteiger partial charge in [0.2, 0.25) is 0 Å². The summed E-state index contributed by atoms with van der Waals surface area (Å²) >= 11 is 10.3. The highest BCUT2D eigenvalue weighted by Crippen LogP contribution is 2.28. The van der Waals surface area contributed by atoms with Crippen molar-refractivity contribution in [3.8, 4) is 5.75 Å². The molecule has 0 amide bonds. The Kier molecular flexibility index (Phi) is 4.92. The molecule has 0 aliphatic rings. The number of halogens is 1. The van der Waals surface area contributed by atoms with Gasteiger partial charge in [0.25, 0.3) is 0 Å². The van der Waals surface area contributed by atoms with E-state index in [1.165, 1.54) is 7.11 Å². The number of rotatable bonds is 4. The van der Waals surface area contributed by atoms with E-state index in [0.717, 1.165) is 0 Å². The van der Waals surface area contributed by atoms with Crippen molar-refractivity contribution in [3.05, 3.63) is 23.2 Å². The first-order valence-corrected chi connectivity index (χ1v) is 5.03. The lowest BCUT2D eigenvalue weighted by atomic mass is 10.3. The number of carbonyl (C=O) groups is 1. The van der Waals surface area contributed by atoms with Crippen LogP contribution in [0.3, 0.4) is 0 Å². The Balaban J connectivity index is 2.81. The molecule has 0 bridgehead atoms. The molecule has 0 aromatic heterocycles. The maximum absolute atomic E-state index is 10.9. The number of methoxy groups -OCH3 is 1. The topological polar surface area (TPSA) is 47.9 Å². The van der Waals surface area contributed by atoms with E-state index in [0.29, 0.717) is 16.5 Å². The lowest BCUT2D eigenvalue weighted by Crippen LogP contribution is -2.12. The van der Waals surface area contributed by atoms with Crippen molar-refractivity contribution in [3.63, 3.8) is 0 Å². The first-order chi connectivity index (χ1) is 7.67. The minimum absolute atomic E-state index is 0.207. The highest BCUT2D eigenvalue weighted by atomic mass is 35.5. The van der Waals surface area contributed by atoms with Gasteiger partial charge in [-0.2, -0.15) is 4.99 Å². The average Bonchev–Trinajstić information content (AvgIpc) is 2.29. The lowest BCUT2D eigenvalue weighted by Gasteiger charge is -2.06. The zero-order chi connectivity index (χ0) is 12.0. The molecule has 0 fully saturated rings. The summed E-state index contributed by atoms with van der Waals surface area (Å²) in [5, 5.41) is 2.61. The van der Waals surface area contributed by atoms with E-state index in [2.05, 4.69) is 27.1 Å². The molecule has 1 aromatic carbocycles. The van der Waals surface area contributed by atoms with Crippen LogP contribution in [0.1, 0.15) is 0 Å². The van der Waals surface area contributed by atoms with Gasteiger partial charge < -0.3 is 9.47 Å². The Bertz CT molecular complexity index is 444. The van der Waals surface area contributed by atoms with Crippen LogP contribution in [0.15, 0.2) is 23.2 Å². The second kappa shape index (κ2) is 6.23. The van der Waals surface area contributed by atoms with Gasteiger partial charge in [0.05, 0.1) is 23.0 Å². The smallest absolute Gasteiger partial charge is 0.343 e. The zero-order valence-electron chi connectivity index (χ0n) is 8.40. The number of esters is 1. The van der Waals surface area contributed by atoms with Crippen molar-refractivity contribution in [2.24, 2.45) is 4.99 Å². The van der Waals surface area contributed by atoms with E-state index >= 15 is 0 Å². The molecule has 0 aliphatic heterocycles. The van der Waals surface area contributed by atoms with Crippen molar-refractivity contribution < 1.29 is 14.3 Å². The monoisotopic (exact) mass is 257 g/mol. The molecule has 0 spiro atoms. The molecule has 84 valence electrons. The summed E-state index contributed by atoms with van der Waals surface area (Å²) in [7, 11) is 1.28. The first kappa shape index (κ1) is 12.6. The van der Waals surface area contributed by atoms with Crippen LogP contribution in [0.2, 0.25) is 5.02 Å². The van der Waals surface area contributed by atoms with Gasteiger partial charge >= 0.3 is 5.97 Å². The second-order valence-corrected chi connectivity index (χ2v) is 3.27. The average molecular weight is 258 g/mol. The van der Waals surface area contributed by atoms with Gasteiger partial charge in [-0.1, -0.05) is 11.6 Å². The van der Waals surface area contributed by atoms with Crippen LogP contribution in [-0.4, -0.2) is 24.8 Å². The fourth-order valence-corrected chi connectivity index (χ4v) is 1.20. The number of hydrogen-bond acceptors (Lipinski definition) is 5. The van der Waals surface area contributed by atoms with Crippen LogP contribution in [0.25, 0.3) is 0 Å². The standard InChI is InChI=1S/C10H8ClNO3S/c1-14-10(13)5-15-9-4-7(12-6-16)2-3-8(9)11/h2-4H,5H2,1H3. The summed E-state index contributed by atoms with van der Waals surface area (Å²) in [5.41, 5.74) is 0.555. The fourth-order valence-electron chi connectivity index (χ4n) is 0.921. The Labute approximate surface area is 103 Å². The highest BCUT2D eigenvalue weighted by molar-refractivity contribution is 7.78. The Morgan fingerprint density at radius 1 is 1.62 bits per heavy atom. The van der Waals surface area contributed by atoms with Gasteiger partial charge in [-0.15, -0.1) is 0 Å². The molecule has 6 heteroatoms. The molecule has 0 radical (unpaired) electrons. The molecular weight excluding hydrogens is 250 g/mol. The SMILES string of the molecule is COC(=O)COc1cc(N=C=S)ccc1Cl. The van der Waals surface area contributed by atoms with Gasteiger partial charge in [0.1, 0.15) is 5.75 Å². The molecule has 1 aromatic rings. The summed E-state index contributed by atoms with van der Waals surface area (Å²) in [5.74, 6) is -0.140. The number of ether oxygens (including phenoxy) is 2. The maximum atomic E-state index is 10.9. The summed E-state index contributed by atoms with van der Waals surface area (Å²) in [6, 6.07) is 4.82. The maximum Gasteiger partial charge on any atom is 0.343 e. The fraction of sp³-hybridized carbons (Fsp3) is 0.200. The van der Waals surface area contributed by atoms with Crippen molar-refractivity contribution in [1.82, 2.24) is 0 Å². The van der Waals surface area contributed by atoms with E-state index in [-0.39, 0.29) is 6.61 Å². The minimum atomic E-state index is -0.486. The van der Waals surface area contributed by atoms with Crippen molar-refractivity contribution >= 4 is 40.6 Å². The molecule has 0 unspecified atom stereocenters. The predicted octanol–water partition coefficient (Wildman–Crippen LogP) is 2.63. The van der Waals surface area contributed by atoms with Crippen LogP contribution in [0, 0.1) is 0 Å². The number of isothiocyanates is 1. The summed E-state index contributed by atoms with van der Waals surface area (Å²) in [6.07, 6.45) is 0. The third-order valence-electron chi connectivity index (χ3n) is 1.66. The molecule has 16 heavy (non-hydrogen) atoms. The number of thiocarbonyl (C=S) groups is 1. The molecule has 0 aliphatic carbocycles. The van der Waals surface area contributed by atoms with Gasteiger partial charge in [0.15, 0.2) is 6.61 Å². The first-order valence-electron chi connectivity index (χ1n) is 4.24. The van der Waals surface area contributed by atoms with Crippen molar-refractivity contribution in [2.45, 2.75) is 0 Å². The van der Waals surface area contributed by atoms with Gasteiger partial charge in [0, 0.05) is 6.07 Å². The Hall–Kier alpha value is -1.42. The molecule has 0 saturated carbocycles. The lowest BCUT2D eigenvalue weighted by molar-refractivity contribution is -0.142. The Morgan fingerprint density at radius 2 is 2.38 bits per heavy atom. The number of nitrogens with zero attached hydrogens (tertiary/aromatic N) is 1. The molecular formula is C10H8ClNO3S. The van der Waals surface area contributed by atoms with Crippen molar-refractivity contribution in [2.75, 3.05) is 13.7 Å². The van der Waals surface area contributed by atoms with Crippen molar-refractivity contribution in [1.29, 1.82) is 0 Å².